The van der Waals surface area contributed by atoms with Crippen molar-refractivity contribution < 1.29 is 9.53 Å². The van der Waals surface area contributed by atoms with Gasteiger partial charge in [-0.2, -0.15) is 0 Å². The van der Waals surface area contributed by atoms with Crippen molar-refractivity contribution in [3.63, 3.8) is 0 Å². The third-order valence-electron chi connectivity index (χ3n) is 3.60. The highest BCUT2D eigenvalue weighted by Gasteiger charge is 2.41. The van der Waals surface area contributed by atoms with Crippen molar-refractivity contribution in [3.05, 3.63) is 17.8 Å². The van der Waals surface area contributed by atoms with Crippen LogP contribution in [0.2, 0.25) is 0 Å². The van der Waals surface area contributed by atoms with Crippen molar-refractivity contribution in [3.8, 4) is 0 Å². The van der Waals surface area contributed by atoms with E-state index in [9.17, 15) is 4.79 Å². The van der Waals surface area contributed by atoms with Gasteiger partial charge in [0.15, 0.2) is 0 Å². The molecule has 6 nitrogen and oxygen atoms in total. The van der Waals surface area contributed by atoms with Crippen LogP contribution in [0.25, 0.3) is 0 Å². The maximum absolute atomic E-state index is 11.4. The second-order valence-electron chi connectivity index (χ2n) is 4.89. The second-order valence-corrected chi connectivity index (χ2v) is 4.89. The zero-order chi connectivity index (χ0) is 12.7. The number of amides is 1. The number of pyridine rings is 1. The van der Waals surface area contributed by atoms with Gasteiger partial charge in [0.1, 0.15) is 5.82 Å². The van der Waals surface area contributed by atoms with E-state index in [0.717, 1.165) is 19.3 Å². The molecular formula is C12H16N4O2. The first kappa shape index (κ1) is 11.3. The Bertz CT molecular complexity index is 491. The number of nitrogens with zero attached hydrogens (tertiary/aromatic N) is 1. The number of aromatic nitrogens is 1. The van der Waals surface area contributed by atoms with Gasteiger partial charge in [-0.3, -0.25) is 4.79 Å². The predicted octanol–water partition coefficient (Wildman–Crippen LogP) is 0.494. The molecule has 6 heteroatoms. The van der Waals surface area contributed by atoms with Crippen LogP contribution in [0.3, 0.4) is 0 Å². The molecule has 3 atom stereocenters. The Balaban J connectivity index is 1.82. The van der Waals surface area contributed by atoms with E-state index in [0.29, 0.717) is 23.2 Å². The maximum Gasteiger partial charge on any atom is 0.252 e. The van der Waals surface area contributed by atoms with Gasteiger partial charge in [0.25, 0.3) is 5.91 Å². The lowest BCUT2D eigenvalue weighted by molar-refractivity contribution is 0.0997. The van der Waals surface area contributed by atoms with E-state index in [-0.39, 0.29) is 12.1 Å². The molecule has 0 radical (unpaired) electrons. The minimum absolute atomic E-state index is 0.206. The molecule has 0 spiro atoms. The van der Waals surface area contributed by atoms with Gasteiger partial charge in [-0.25, -0.2) is 4.98 Å². The summed E-state index contributed by atoms with van der Waals surface area (Å²) in [6.45, 7) is 0. The highest BCUT2D eigenvalue weighted by Crippen LogP contribution is 2.36. The van der Waals surface area contributed by atoms with Crippen LogP contribution in [0.5, 0.6) is 0 Å². The molecule has 1 amide bonds. The molecule has 0 aliphatic carbocycles. The van der Waals surface area contributed by atoms with Crippen LogP contribution >= 0.6 is 0 Å². The Morgan fingerprint density at radius 1 is 1.50 bits per heavy atom. The van der Waals surface area contributed by atoms with Crippen LogP contribution in [0.15, 0.2) is 12.3 Å². The molecule has 2 bridgehead atoms. The number of anilines is 2. The van der Waals surface area contributed by atoms with Gasteiger partial charge < -0.3 is 21.5 Å². The molecule has 5 N–H and O–H groups in total. The van der Waals surface area contributed by atoms with Crippen molar-refractivity contribution in [1.82, 2.24) is 4.98 Å². The predicted molar refractivity (Wildman–Crippen MR) is 67.1 cm³/mol. The molecule has 3 rings (SSSR count). The zero-order valence-electron chi connectivity index (χ0n) is 9.93. The van der Waals surface area contributed by atoms with Crippen LogP contribution in [0.4, 0.5) is 11.5 Å². The summed E-state index contributed by atoms with van der Waals surface area (Å²) in [4.78, 5) is 15.5. The van der Waals surface area contributed by atoms with E-state index in [1.54, 1.807) is 6.07 Å². The maximum atomic E-state index is 11.4. The van der Waals surface area contributed by atoms with Gasteiger partial charge >= 0.3 is 0 Å². The average Bonchev–Trinajstić information content (AvgIpc) is 2.93. The summed E-state index contributed by atoms with van der Waals surface area (Å²) in [5.41, 5.74) is 11.7. The first-order chi connectivity index (χ1) is 8.63. The fraction of sp³-hybridized carbons (Fsp3) is 0.500. The Hall–Kier alpha value is -1.82. The number of fused-ring (bicyclic) bond motifs is 2. The van der Waals surface area contributed by atoms with Crippen LogP contribution < -0.4 is 16.8 Å². The van der Waals surface area contributed by atoms with E-state index < -0.39 is 5.91 Å². The molecule has 0 saturated carbocycles. The minimum atomic E-state index is -0.527. The number of carbonyl (C=O) groups excluding carboxylic acids is 1. The Kier molecular flexibility index (Phi) is 2.59. The van der Waals surface area contributed by atoms with Gasteiger partial charge in [-0.15, -0.1) is 0 Å². The third kappa shape index (κ3) is 1.88. The summed E-state index contributed by atoms with van der Waals surface area (Å²) in [6.07, 6.45) is 5.22. The van der Waals surface area contributed by atoms with Crippen LogP contribution in [0.1, 0.15) is 29.6 Å². The smallest absolute Gasteiger partial charge is 0.252 e. The first-order valence-electron chi connectivity index (χ1n) is 6.11. The lowest BCUT2D eigenvalue weighted by Gasteiger charge is -2.21. The molecule has 1 aromatic rings. The van der Waals surface area contributed by atoms with Gasteiger partial charge in [0, 0.05) is 0 Å². The summed E-state index contributed by atoms with van der Waals surface area (Å²) in [5.74, 6) is -0.0285. The topological polar surface area (TPSA) is 103 Å². The molecule has 3 heterocycles. The quantitative estimate of drug-likeness (QED) is 0.722. The Morgan fingerprint density at radius 3 is 2.94 bits per heavy atom. The summed E-state index contributed by atoms with van der Waals surface area (Å²) in [6, 6.07) is 1.75. The van der Waals surface area contributed by atoms with E-state index in [2.05, 4.69) is 10.3 Å². The van der Waals surface area contributed by atoms with Gasteiger partial charge in [0.2, 0.25) is 0 Å². The van der Waals surface area contributed by atoms with Crippen LogP contribution in [0, 0.1) is 0 Å². The van der Waals surface area contributed by atoms with Crippen LogP contribution in [-0.2, 0) is 4.74 Å². The standard InChI is InChI=1S/C12H16N4O2/c13-6-3-8(11(14)17)12(15-5-6)16-9-4-7-1-2-10(9)18-7/h3,5,7,9-10H,1-2,4,13H2,(H2,14,17)(H,15,16). The number of ether oxygens (including phenoxy) is 1. The average molecular weight is 248 g/mol. The number of hydrogen-bond acceptors (Lipinski definition) is 5. The molecule has 0 aromatic carbocycles. The summed E-state index contributed by atoms with van der Waals surface area (Å²) in [5, 5.41) is 3.26. The Labute approximate surface area is 105 Å². The largest absolute Gasteiger partial charge is 0.397 e. The third-order valence-corrected chi connectivity index (χ3v) is 3.60. The second kappa shape index (κ2) is 4.13. The normalized spacial score (nSPS) is 29.4. The number of nitrogens with two attached hydrogens (primary N) is 2. The van der Waals surface area contributed by atoms with E-state index in [1.807, 2.05) is 0 Å². The molecule has 96 valence electrons. The fourth-order valence-electron chi connectivity index (χ4n) is 2.75. The van der Waals surface area contributed by atoms with Crippen LogP contribution in [-0.4, -0.2) is 29.1 Å². The summed E-state index contributed by atoms with van der Waals surface area (Å²) < 4.78 is 5.75. The van der Waals surface area contributed by atoms with Crippen molar-refractivity contribution in [2.75, 3.05) is 11.1 Å². The monoisotopic (exact) mass is 248 g/mol. The number of nitrogens with one attached hydrogen (secondary N) is 1. The van der Waals surface area contributed by atoms with Gasteiger partial charge in [-0.05, 0) is 25.3 Å². The highest BCUT2D eigenvalue weighted by atomic mass is 16.5. The zero-order valence-corrected chi connectivity index (χ0v) is 9.93. The van der Waals surface area contributed by atoms with Crippen molar-refractivity contribution in [2.24, 2.45) is 5.73 Å². The molecule has 2 aliphatic rings. The highest BCUT2D eigenvalue weighted by molar-refractivity contribution is 5.98. The minimum Gasteiger partial charge on any atom is -0.397 e. The van der Waals surface area contributed by atoms with Gasteiger partial charge in [0.05, 0.1) is 35.7 Å². The number of nitrogen functional groups attached to an aromatic ring is 1. The molecule has 2 fully saturated rings. The molecular weight excluding hydrogens is 232 g/mol. The van der Waals surface area contributed by atoms with Crippen molar-refractivity contribution >= 4 is 17.4 Å². The van der Waals surface area contributed by atoms with E-state index in [4.69, 9.17) is 16.2 Å². The fourth-order valence-corrected chi connectivity index (χ4v) is 2.75. The van der Waals surface area contributed by atoms with E-state index >= 15 is 0 Å². The number of rotatable bonds is 3. The molecule has 3 unspecified atom stereocenters. The first-order valence-corrected chi connectivity index (χ1v) is 6.11. The molecule has 2 saturated heterocycles. The number of carbonyl (C=O) groups is 1. The summed E-state index contributed by atoms with van der Waals surface area (Å²) >= 11 is 0. The van der Waals surface area contributed by atoms with E-state index in [1.165, 1.54) is 6.20 Å². The summed E-state index contributed by atoms with van der Waals surface area (Å²) in [7, 11) is 0. The van der Waals surface area contributed by atoms with Crippen molar-refractivity contribution in [2.45, 2.75) is 37.5 Å². The molecule has 1 aromatic heterocycles. The number of primary amides is 1. The SMILES string of the molecule is NC(=O)c1cc(N)cnc1NC1CC2CCC1O2. The Morgan fingerprint density at radius 2 is 2.33 bits per heavy atom. The lowest BCUT2D eigenvalue weighted by atomic mass is 9.95. The van der Waals surface area contributed by atoms with Gasteiger partial charge in [-0.1, -0.05) is 0 Å². The molecule has 18 heavy (non-hydrogen) atoms. The molecule has 2 aliphatic heterocycles. The number of hydrogen-bond donors (Lipinski definition) is 3. The lowest BCUT2D eigenvalue weighted by Crippen LogP contribution is -2.32. The van der Waals surface area contributed by atoms with Crippen molar-refractivity contribution in [1.29, 1.82) is 0 Å².